The minimum absolute atomic E-state index is 0.0768. The zero-order valence-electron chi connectivity index (χ0n) is 10.5. The van der Waals surface area contributed by atoms with Gasteiger partial charge in [0, 0.05) is 25.4 Å². The van der Waals surface area contributed by atoms with Crippen molar-refractivity contribution >= 4 is 35.1 Å². The Bertz CT molecular complexity index is 472. The highest BCUT2D eigenvalue weighted by molar-refractivity contribution is 7.99. The predicted molar refractivity (Wildman–Crippen MR) is 79.2 cm³/mol. The van der Waals surface area contributed by atoms with Gasteiger partial charge in [-0.25, -0.2) is 9.97 Å². The Morgan fingerprint density at radius 2 is 2.37 bits per heavy atom. The molecule has 0 saturated heterocycles. The first-order valence-corrected chi connectivity index (χ1v) is 6.84. The van der Waals surface area contributed by atoms with Crippen LogP contribution in [0.3, 0.4) is 0 Å². The Labute approximate surface area is 121 Å². The van der Waals surface area contributed by atoms with Crippen molar-refractivity contribution in [3.8, 4) is 0 Å². The predicted octanol–water partition coefficient (Wildman–Crippen LogP) is 2.00. The van der Waals surface area contributed by atoms with E-state index in [1.54, 1.807) is 24.1 Å². The number of nitrogens with two attached hydrogens (primary N) is 1. The maximum atomic E-state index is 11.6. The van der Waals surface area contributed by atoms with Gasteiger partial charge in [0.15, 0.2) is 5.16 Å². The van der Waals surface area contributed by atoms with E-state index in [2.05, 4.69) is 16.5 Å². The van der Waals surface area contributed by atoms with Crippen LogP contribution < -0.4 is 5.73 Å². The molecule has 5 nitrogen and oxygen atoms in total. The normalized spacial score (nSPS) is 10.6. The second kappa shape index (κ2) is 7.81. The number of hydrogen-bond donors (Lipinski definition) is 1. The molecular weight excluding hydrogens is 284 g/mol. The van der Waals surface area contributed by atoms with Gasteiger partial charge < -0.3 is 10.6 Å². The molecule has 2 N–H and O–H groups in total. The molecule has 1 rings (SSSR count). The lowest BCUT2D eigenvalue weighted by molar-refractivity contribution is -0.124. The van der Waals surface area contributed by atoms with E-state index in [-0.39, 0.29) is 5.91 Å². The van der Waals surface area contributed by atoms with Crippen molar-refractivity contribution in [3.63, 3.8) is 0 Å². The lowest BCUT2D eigenvalue weighted by atomic mass is 10.4. The van der Waals surface area contributed by atoms with E-state index in [1.165, 1.54) is 23.9 Å². The van der Waals surface area contributed by atoms with Crippen LogP contribution in [0.2, 0.25) is 5.15 Å². The number of carbonyl (C=O) groups is 1. The molecular formula is C12H15ClN4OS. The van der Waals surface area contributed by atoms with Crippen molar-refractivity contribution in [3.05, 3.63) is 36.0 Å². The SMILES string of the molecule is C=CCN(C)C(=O)C=CCSc1nc(N)cc(Cl)n1. The summed E-state index contributed by atoms with van der Waals surface area (Å²) in [4.78, 5) is 21.1. The minimum atomic E-state index is -0.0768. The summed E-state index contributed by atoms with van der Waals surface area (Å²) < 4.78 is 0. The number of amides is 1. The summed E-state index contributed by atoms with van der Waals surface area (Å²) in [5.41, 5.74) is 5.55. The van der Waals surface area contributed by atoms with Crippen LogP contribution in [-0.4, -0.2) is 40.1 Å². The fraction of sp³-hybridized carbons (Fsp3) is 0.250. The molecule has 1 heterocycles. The number of halogens is 1. The van der Waals surface area contributed by atoms with Crippen LogP contribution >= 0.6 is 23.4 Å². The van der Waals surface area contributed by atoms with Gasteiger partial charge in [0.25, 0.3) is 0 Å². The molecule has 0 spiro atoms. The van der Waals surface area contributed by atoms with Crippen molar-refractivity contribution < 1.29 is 4.79 Å². The molecule has 0 saturated carbocycles. The third-order valence-electron chi connectivity index (χ3n) is 2.04. The van der Waals surface area contributed by atoms with E-state index in [1.807, 2.05) is 0 Å². The van der Waals surface area contributed by atoms with Crippen LogP contribution in [-0.2, 0) is 4.79 Å². The second-order valence-electron chi connectivity index (χ2n) is 3.62. The quantitative estimate of drug-likeness (QED) is 0.286. The van der Waals surface area contributed by atoms with Crippen LogP contribution in [0.1, 0.15) is 0 Å². The maximum absolute atomic E-state index is 11.6. The molecule has 1 aromatic heterocycles. The van der Waals surface area contributed by atoms with Gasteiger partial charge >= 0.3 is 0 Å². The maximum Gasteiger partial charge on any atom is 0.246 e. The topological polar surface area (TPSA) is 72.1 Å². The smallest absolute Gasteiger partial charge is 0.246 e. The second-order valence-corrected chi connectivity index (χ2v) is 4.99. The van der Waals surface area contributed by atoms with Crippen molar-refractivity contribution in [2.45, 2.75) is 5.16 Å². The van der Waals surface area contributed by atoms with Crippen LogP contribution in [0.5, 0.6) is 0 Å². The van der Waals surface area contributed by atoms with Gasteiger partial charge in [-0.15, -0.1) is 6.58 Å². The number of aromatic nitrogens is 2. The number of rotatable bonds is 6. The number of nitrogen functional groups attached to an aromatic ring is 1. The van der Waals surface area contributed by atoms with E-state index < -0.39 is 0 Å². The molecule has 0 unspecified atom stereocenters. The summed E-state index contributed by atoms with van der Waals surface area (Å²) in [6.45, 7) is 4.09. The van der Waals surface area contributed by atoms with Crippen molar-refractivity contribution in [2.75, 3.05) is 25.1 Å². The fourth-order valence-corrected chi connectivity index (χ4v) is 2.08. The van der Waals surface area contributed by atoms with Gasteiger partial charge in [0.05, 0.1) is 0 Å². The summed E-state index contributed by atoms with van der Waals surface area (Å²) in [5, 5.41) is 0.794. The molecule has 7 heteroatoms. The molecule has 0 aromatic carbocycles. The van der Waals surface area contributed by atoms with E-state index in [0.29, 0.717) is 28.4 Å². The zero-order chi connectivity index (χ0) is 14.3. The van der Waals surface area contributed by atoms with Crippen LogP contribution in [0.15, 0.2) is 36.0 Å². The highest BCUT2D eigenvalue weighted by Crippen LogP contribution is 2.17. The van der Waals surface area contributed by atoms with E-state index in [0.717, 1.165) is 0 Å². The Morgan fingerprint density at radius 3 is 3.00 bits per heavy atom. The van der Waals surface area contributed by atoms with Gasteiger partial charge in [0.2, 0.25) is 5.91 Å². The van der Waals surface area contributed by atoms with Gasteiger partial charge in [0.1, 0.15) is 11.0 Å². The number of likely N-dealkylation sites (N-methyl/N-ethyl adjacent to an activating group) is 1. The molecule has 102 valence electrons. The monoisotopic (exact) mass is 298 g/mol. The van der Waals surface area contributed by atoms with Crippen LogP contribution in [0.25, 0.3) is 0 Å². The molecule has 0 atom stereocenters. The van der Waals surface area contributed by atoms with E-state index >= 15 is 0 Å². The van der Waals surface area contributed by atoms with E-state index in [4.69, 9.17) is 17.3 Å². The van der Waals surface area contributed by atoms with Crippen molar-refractivity contribution in [2.24, 2.45) is 0 Å². The Kier molecular flexibility index (Phi) is 6.38. The van der Waals surface area contributed by atoms with Crippen LogP contribution in [0.4, 0.5) is 5.82 Å². The highest BCUT2D eigenvalue weighted by Gasteiger charge is 2.02. The Hall–Kier alpha value is -1.53. The molecule has 0 aliphatic rings. The number of carbonyl (C=O) groups excluding carboxylic acids is 1. The minimum Gasteiger partial charge on any atom is -0.384 e. The van der Waals surface area contributed by atoms with Crippen molar-refractivity contribution in [1.29, 1.82) is 0 Å². The number of nitrogens with zero attached hydrogens (tertiary/aromatic N) is 3. The first-order chi connectivity index (χ1) is 9.02. The lowest BCUT2D eigenvalue weighted by Crippen LogP contribution is -2.24. The Morgan fingerprint density at radius 1 is 1.63 bits per heavy atom. The van der Waals surface area contributed by atoms with Gasteiger partial charge in [-0.1, -0.05) is 35.5 Å². The van der Waals surface area contributed by atoms with Gasteiger partial charge in [-0.3, -0.25) is 4.79 Å². The molecule has 1 aromatic rings. The summed E-state index contributed by atoms with van der Waals surface area (Å²) >= 11 is 7.11. The number of thioether (sulfide) groups is 1. The molecule has 19 heavy (non-hydrogen) atoms. The van der Waals surface area contributed by atoms with E-state index in [9.17, 15) is 4.79 Å². The first kappa shape index (κ1) is 15.5. The average Bonchev–Trinajstić information content (AvgIpc) is 2.33. The number of hydrogen-bond acceptors (Lipinski definition) is 5. The third kappa shape index (κ3) is 5.76. The Balaban J connectivity index is 2.45. The first-order valence-electron chi connectivity index (χ1n) is 5.48. The number of anilines is 1. The molecule has 0 fully saturated rings. The average molecular weight is 299 g/mol. The molecule has 0 radical (unpaired) electrons. The van der Waals surface area contributed by atoms with Gasteiger partial charge in [-0.05, 0) is 6.08 Å². The summed E-state index contributed by atoms with van der Waals surface area (Å²) in [7, 11) is 1.71. The molecule has 0 aliphatic carbocycles. The fourth-order valence-electron chi connectivity index (χ4n) is 1.16. The molecule has 0 bridgehead atoms. The molecule has 0 aliphatic heterocycles. The standard InChI is InChI=1S/C12H15ClN4OS/c1-3-6-17(2)11(18)5-4-7-19-12-15-9(13)8-10(14)16-12/h3-5,8H,1,6-7H2,2H3,(H2,14,15,16). The van der Waals surface area contributed by atoms with Crippen LogP contribution in [0, 0.1) is 0 Å². The lowest BCUT2D eigenvalue weighted by Gasteiger charge is -2.11. The zero-order valence-corrected chi connectivity index (χ0v) is 12.1. The summed E-state index contributed by atoms with van der Waals surface area (Å²) in [5.74, 6) is 0.813. The highest BCUT2D eigenvalue weighted by atomic mass is 35.5. The summed E-state index contributed by atoms with van der Waals surface area (Å²) in [6.07, 6.45) is 4.92. The van der Waals surface area contributed by atoms with Crippen molar-refractivity contribution in [1.82, 2.24) is 14.9 Å². The largest absolute Gasteiger partial charge is 0.384 e. The van der Waals surface area contributed by atoms with Gasteiger partial charge in [-0.2, -0.15) is 0 Å². The third-order valence-corrected chi connectivity index (χ3v) is 3.04. The summed E-state index contributed by atoms with van der Waals surface area (Å²) in [6, 6.07) is 1.48. The molecule has 1 amide bonds.